The van der Waals surface area contributed by atoms with Crippen LogP contribution in [0.15, 0.2) is 34.9 Å². The second-order valence-electron chi connectivity index (χ2n) is 5.20. The number of nitrogens with zero attached hydrogens (tertiary/aromatic N) is 1. The van der Waals surface area contributed by atoms with E-state index in [4.69, 9.17) is 4.42 Å². The monoisotopic (exact) mass is 285 g/mol. The third-order valence-corrected chi connectivity index (χ3v) is 3.76. The number of carbonyl (C=O) groups excluding carboxylic acids is 1. The third-order valence-electron chi connectivity index (χ3n) is 3.76. The molecule has 110 valence electrons. The van der Waals surface area contributed by atoms with Crippen LogP contribution in [0.5, 0.6) is 0 Å². The van der Waals surface area contributed by atoms with E-state index in [0.29, 0.717) is 18.9 Å². The Labute approximate surface area is 123 Å². The number of amides is 1. The first-order valence-electron chi connectivity index (χ1n) is 7.27. The fourth-order valence-corrected chi connectivity index (χ4v) is 2.52. The predicted octanol–water partition coefficient (Wildman–Crippen LogP) is 1.57. The fourth-order valence-electron chi connectivity index (χ4n) is 2.52. The Bertz CT molecular complexity index is 636. The van der Waals surface area contributed by atoms with Crippen molar-refractivity contribution in [1.82, 2.24) is 15.6 Å². The Morgan fingerprint density at radius 3 is 3.00 bits per heavy atom. The van der Waals surface area contributed by atoms with E-state index in [9.17, 15) is 4.79 Å². The molecule has 0 radical (unpaired) electrons. The van der Waals surface area contributed by atoms with E-state index in [1.165, 1.54) is 11.1 Å². The quantitative estimate of drug-likeness (QED) is 0.895. The maximum absolute atomic E-state index is 12.2. The summed E-state index contributed by atoms with van der Waals surface area (Å²) in [6.45, 7) is 3.07. The van der Waals surface area contributed by atoms with E-state index in [2.05, 4.69) is 27.8 Å². The maximum Gasteiger partial charge on any atom is 0.237 e. The van der Waals surface area contributed by atoms with Gasteiger partial charge in [-0.2, -0.15) is 0 Å². The first-order chi connectivity index (χ1) is 10.3. The van der Waals surface area contributed by atoms with Gasteiger partial charge in [0, 0.05) is 13.0 Å². The van der Waals surface area contributed by atoms with Gasteiger partial charge in [-0.1, -0.05) is 31.2 Å². The van der Waals surface area contributed by atoms with Crippen LogP contribution < -0.4 is 10.6 Å². The largest absolute Gasteiger partial charge is 0.444 e. The Morgan fingerprint density at radius 1 is 1.43 bits per heavy atom. The van der Waals surface area contributed by atoms with E-state index in [0.717, 1.165) is 18.7 Å². The van der Waals surface area contributed by atoms with Crippen LogP contribution in [0.1, 0.15) is 29.7 Å². The summed E-state index contributed by atoms with van der Waals surface area (Å²) in [5.74, 6) is 1.38. The lowest BCUT2D eigenvalue weighted by atomic mass is 9.95. The molecule has 0 fully saturated rings. The average molecular weight is 285 g/mol. The summed E-state index contributed by atoms with van der Waals surface area (Å²) < 4.78 is 5.48. The number of aryl methyl sites for hydroxylation is 1. The normalized spacial score (nSPS) is 17.3. The summed E-state index contributed by atoms with van der Waals surface area (Å²) in [7, 11) is 0. The molecule has 1 amide bonds. The zero-order valence-corrected chi connectivity index (χ0v) is 12.1. The highest BCUT2D eigenvalue weighted by Gasteiger charge is 2.23. The van der Waals surface area contributed by atoms with Gasteiger partial charge in [0.2, 0.25) is 11.8 Å². The highest BCUT2D eigenvalue weighted by Crippen LogP contribution is 2.16. The minimum absolute atomic E-state index is 0.0132. The highest BCUT2D eigenvalue weighted by molar-refractivity contribution is 5.82. The van der Waals surface area contributed by atoms with Gasteiger partial charge in [0.1, 0.15) is 5.76 Å². The average Bonchev–Trinajstić information content (AvgIpc) is 3.00. The first-order valence-corrected chi connectivity index (χ1v) is 7.27. The smallest absolute Gasteiger partial charge is 0.237 e. The zero-order valence-electron chi connectivity index (χ0n) is 12.1. The number of carbonyl (C=O) groups is 1. The van der Waals surface area contributed by atoms with Gasteiger partial charge in [-0.05, 0) is 17.5 Å². The fraction of sp³-hybridized carbons (Fsp3) is 0.375. The summed E-state index contributed by atoms with van der Waals surface area (Å²) in [5, 5.41) is 6.14. The second-order valence-corrected chi connectivity index (χ2v) is 5.20. The van der Waals surface area contributed by atoms with Crippen molar-refractivity contribution in [2.24, 2.45) is 0 Å². The summed E-state index contributed by atoms with van der Waals surface area (Å²) in [5.41, 5.74) is 2.50. The predicted molar refractivity (Wildman–Crippen MR) is 78.5 cm³/mol. The lowest BCUT2D eigenvalue weighted by Crippen LogP contribution is -2.47. The van der Waals surface area contributed by atoms with Crippen LogP contribution in [-0.4, -0.2) is 16.9 Å². The Hall–Kier alpha value is -2.14. The Morgan fingerprint density at radius 2 is 2.24 bits per heavy atom. The maximum atomic E-state index is 12.2. The van der Waals surface area contributed by atoms with Crippen LogP contribution in [0.25, 0.3) is 0 Å². The standard InChI is InChI=1S/C16H19N3O2/c1-2-13-9-18-15(21-13)10-19-16(20)14-7-11-5-3-4-6-12(11)8-17-14/h3-6,9,14,17H,2,7-8,10H2,1H3,(H,19,20). The van der Waals surface area contributed by atoms with Gasteiger partial charge >= 0.3 is 0 Å². The van der Waals surface area contributed by atoms with Gasteiger partial charge in [-0.3, -0.25) is 4.79 Å². The summed E-state index contributed by atoms with van der Waals surface area (Å²) >= 11 is 0. The second kappa shape index (κ2) is 6.10. The van der Waals surface area contributed by atoms with E-state index in [1.807, 2.05) is 19.1 Å². The molecule has 5 nitrogen and oxygen atoms in total. The molecule has 2 heterocycles. The van der Waals surface area contributed by atoms with Crippen LogP contribution in [-0.2, 0) is 30.7 Å². The van der Waals surface area contributed by atoms with E-state index in [-0.39, 0.29) is 11.9 Å². The van der Waals surface area contributed by atoms with Crippen LogP contribution in [0.4, 0.5) is 0 Å². The lowest BCUT2D eigenvalue weighted by molar-refractivity contribution is -0.123. The van der Waals surface area contributed by atoms with Crippen molar-refractivity contribution in [2.75, 3.05) is 0 Å². The molecule has 0 saturated carbocycles. The molecule has 1 aromatic carbocycles. The first kappa shape index (κ1) is 13.8. The number of fused-ring (bicyclic) bond motifs is 1. The van der Waals surface area contributed by atoms with Gasteiger partial charge < -0.3 is 15.1 Å². The van der Waals surface area contributed by atoms with Gasteiger partial charge in [0.05, 0.1) is 18.8 Å². The molecule has 0 spiro atoms. The van der Waals surface area contributed by atoms with Crippen molar-refractivity contribution in [3.05, 3.63) is 53.2 Å². The van der Waals surface area contributed by atoms with Gasteiger partial charge in [0.15, 0.2) is 0 Å². The molecule has 0 aliphatic carbocycles. The van der Waals surface area contributed by atoms with E-state index < -0.39 is 0 Å². The molecule has 1 unspecified atom stereocenters. The van der Waals surface area contributed by atoms with Crippen molar-refractivity contribution in [3.8, 4) is 0 Å². The number of aromatic nitrogens is 1. The minimum atomic E-state index is -0.194. The van der Waals surface area contributed by atoms with Crippen LogP contribution >= 0.6 is 0 Å². The lowest BCUT2D eigenvalue weighted by Gasteiger charge is -2.25. The molecular formula is C16H19N3O2. The van der Waals surface area contributed by atoms with Crippen molar-refractivity contribution >= 4 is 5.91 Å². The number of hydrogen-bond donors (Lipinski definition) is 2. The number of nitrogens with one attached hydrogen (secondary N) is 2. The third kappa shape index (κ3) is 3.13. The van der Waals surface area contributed by atoms with Crippen molar-refractivity contribution in [1.29, 1.82) is 0 Å². The molecule has 5 heteroatoms. The molecule has 3 rings (SSSR count). The molecule has 2 aromatic rings. The van der Waals surface area contributed by atoms with Crippen LogP contribution in [0.3, 0.4) is 0 Å². The van der Waals surface area contributed by atoms with E-state index in [1.54, 1.807) is 6.20 Å². The molecular weight excluding hydrogens is 266 g/mol. The number of hydrogen-bond acceptors (Lipinski definition) is 4. The molecule has 21 heavy (non-hydrogen) atoms. The molecule has 1 atom stereocenters. The summed E-state index contributed by atoms with van der Waals surface area (Å²) in [4.78, 5) is 16.4. The molecule has 1 aromatic heterocycles. The SMILES string of the molecule is CCc1cnc(CNC(=O)C2Cc3ccccc3CN2)o1. The highest BCUT2D eigenvalue weighted by atomic mass is 16.4. The summed E-state index contributed by atoms with van der Waals surface area (Å²) in [6.07, 6.45) is 3.23. The van der Waals surface area contributed by atoms with Gasteiger partial charge in [-0.15, -0.1) is 0 Å². The van der Waals surface area contributed by atoms with Crippen LogP contribution in [0, 0.1) is 0 Å². The van der Waals surface area contributed by atoms with Crippen molar-refractivity contribution < 1.29 is 9.21 Å². The molecule has 0 saturated heterocycles. The number of benzene rings is 1. The van der Waals surface area contributed by atoms with Crippen LogP contribution in [0.2, 0.25) is 0 Å². The molecule has 1 aliphatic heterocycles. The summed E-state index contributed by atoms with van der Waals surface area (Å²) in [6, 6.07) is 8.01. The van der Waals surface area contributed by atoms with Gasteiger partial charge in [0.25, 0.3) is 0 Å². The molecule has 1 aliphatic rings. The zero-order chi connectivity index (χ0) is 14.7. The number of oxazole rings is 1. The topological polar surface area (TPSA) is 67.2 Å². The van der Waals surface area contributed by atoms with E-state index >= 15 is 0 Å². The van der Waals surface area contributed by atoms with Gasteiger partial charge in [-0.25, -0.2) is 4.98 Å². The molecule has 0 bridgehead atoms. The Kier molecular flexibility index (Phi) is 4.01. The van der Waals surface area contributed by atoms with Crippen molar-refractivity contribution in [3.63, 3.8) is 0 Å². The number of rotatable bonds is 4. The van der Waals surface area contributed by atoms with Crippen molar-refractivity contribution in [2.45, 2.75) is 38.9 Å². The Balaban J connectivity index is 1.57. The minimum Gasteiger partial charge on any atom is -0.444 e. The molecule has 2 N–H and O–H groups in total.